The molecule has 6 N–H and O–H groups in total. The standard InChI is InChI=1S/C60H117NO8/c1-3-5-7-9-11-13-15-17-19-21-23-25-26-27-28-30-32-34-36-38-40-42-44-46-48-50-56(64)61-53(52-68-60-59(67)58(66)57(65)55(51-62)69-60)54(63)49-47-45-43-41-39-37-35-33-31-29-24-22-20-18-16-14-12-10-8-6-4-2/h47,49,53-55,57-60,62-63,65-67H,3-46,48,50-52H2,1-2H3,(H,61,64)/b49-47+. The van der Waals surface area contributed by atoms with Crippen LogP contribution in [0.25, 0.3) is 0 Å². The van der Waals surface area contributed by atoms with Crippen molar-refractivity contribution < 1.29 is 39.8 Å². The highest BCUT2D eigenvalue weighted by atomic mass is 16.7. The molecular weight excluding hydrogens is 863 g/mol. The molecule has 0 aromatic carbocycles. The first-order chi connectivity index (χ1) is 33.8. The van der Waals surface area contributed by atoms with E-state index in [4.69, 9.17) is 9.47 Å². The molecule has 1 fully saturated rings. The van der Waals surface area contributed by atoms with Crippen LogP contribution in [0.5, 0.6) is 0 Å². The second kappa shape index (κ2) is 50.5. The van der Waals surface area contributed by atoms with E-state index < -0.39 is 49.5 Å². The predicted octanol–water partition coefficient (Wildman–Crippen LogP) is 15.2. The van der Waals surface area contributed by atoms with E-state index in [1.165, 1.54) is 250 Å². The number of ether oxygens (including phenoxy) is 2. The van der Waals surface area contributed by atoms with Crippen LogP contribution in [0.3, 0.4) is 0 Å². The van der Waals surface area contributed by atoms with Crippen molar-refractivity contribution in [2.75, 3.05) is 13.2 Å². The minimum absolute atomic E-state index is 0.169. The molecule has 0 spiro atoms. The summed E-state index contributed by atoms with van der Waals surface area (Å²) in [7, 11) is 0. The lowest BCUT2D eigenvalue weighted by atomic mass is 9.99. The molecule has 410 valence electrons. The highest BCUT2D eigenvalue weighted by molar-refractivity contribution is 5.76. The Morgan fingerprint density at radius 1 is 0.478 bits per heavy atom. The highest BCUT2D eigenvalue weighted by Gasteiger charge is 2.44. The maximum atomic E-state index is 13.1. The molecule has 0 radical (unpaired) electrons. The monoisotopic (exact) mass is 980 g/mol. The molecule has 9 nitrogen and oxygen atoms in total. The van der Waals surface area contributed by atoms with Crippen LogP contribution >= 0.6 is 0 Å². The molecule has 1 amide bonds. The van der Waals surface area contributed by atoms with Gasteiger partial charge in [-0.2, -0.15) is 0 Å². The molecule has 1 aliphatic heterocycles. The first-order valence-corrected chi connectivity index (χ1v) is 30.4. The molecule has 0 aromatic heterocycles. The zero-order chi connectivity index (χ0) is 50.1. The lowest BCUT2D eigenvalue weighted by Gasteiger charge is -2.40. The van der Waals surface area contributed by atoms with Crippen LogP contribution in [0.2, 0.25) is 0 Å². The Morgan fingerprint density at radius 2 is 0.797 bits per heavy atom. The normalized spacial score (nSPS) is 19.4. The summed E-state index contributed by atoms with van der Waals surface area (Å²) in [5.41, 5.74) is 0. The van der Waals surface area contributed by atoms with Crippen LogP contribution in [-0.2, 0) is 14.3 Å². The summed E-state index contributed by atoms with van der Waals surface area (Å²) in [5, 5.41) is 54.6. The van der Waals surface area contributed by atoms with E-state index in [1.807, 2.05) is 6.08 Å². The van der Waals surface area contributed by atoms with E-state index in [9.17, 15) is 30.3 Å². The Balaban J connectivity index is 2.19. The number of unbranched alkanes of at least 4 members (excludes halogenated alkanes) is 43. The number of aliphatic hydroxyl groups is 5. The van der Waals surface area contributed by atoms with Gasteiger partial charge in [0.2, 0.25) is 5.91 Å². The number of allylic oxidation sites excluding steroid dienone is 1. The maximum Gasteiger partial charge on any atom is 0.220 e. The second-order valence-electron chi connectivity index (χ2n) is 21.5. The molecule has 7 unspecified atom stereocenters. The number of carbonyl (C=O) groups is 1. The van der Waals surface area contributed by atoms with Crippen molar-refractivity contribution in [1.82, 2.24) is 5.32 Å². The fourth-order valence-electron chi connectivity index (χ4n) is 10.0. The fraction of sp³-hybridized carbons (Fsp3) is 0.950. The third kappa shape index (κ3) is 40.1. The number of rotatable bonds is 53. The first-order valence-electron chi connectivity index (χ1n) is 30.4. The van der Waals surface area contributed by atoms with Gasteiger partial charge in [-0.05, 0) is 19.3 Å². The molecule has 7 atom stereocenters. The van der Waals surface area contributed by atoms with Gasteiger partial charge in [0.25, 0.3) is 0 Å². The number of aliphatic hydroxyl groups excluding tert-OH is 5. The molecular formula is C60H117NO8. The molecule has 1 aliphatic rings. The van der Waals surface area contributed by atoms with Gasteiger partial charge in [0.05, 0.1) is 25.4 Å². The lowest BCUT2D eigenvalue weighted by molar-refractivity contribution is -0.302. The van der Waals surface area contributed by atoms with E-state index in [-0.39, 0.29) is 12.5 Å². The topological polar surface area (TPSA) is 149 Å². The van der Waals surface area contributed by atoms with Gasteiger partial charge in [-0.3, -0.25) is 4.79 Å². The summed E-state index contributed by atoms with van der Waals surface area (Å²) < 4.78 is 11.3. The lowest BCUT2D eigenvalue weighted by Crippen LogP contribution is -2.60. The quantitative estimate of drug-likeness (QED) is 0.0261. The summed E-state index contributed by atoms with van der Waals surface area (Å²) in [4.78, 5) is 13.1. The maximum absolute atomic E-state index is 13.1. The van der Waals surface area contributed by atoms with E-state index in [0.29, 0.717) is 6.42 Å². The van der Waals surface area contributed by atoms with Gasteiger partial charge in [-0.15, -0.1) is 0 Å². The van der Waals surface area contributed by atoms with Crippen molar-refractivity contribution in [2.24, 2.45) is 0 Å². The minimum atomic E-state index is -1.56. The van der Waals surface area contributed by atoms with Gasteiger partial charge in [-0.1, -0.05) is 296 Å². The summed E-state index contributed by atoms with van der Waals surface area (Å²) in [6, 6.07) is -0.801. The minimum Gasteiger partial charge on any atom is -0.394 e. The van der Waals surface area contributed by atoms with Crippen LogP contribution in [-0.4, -0.2) is 87.5 Å². The van der Waals surface area contributed by atoms with Gasteiger partial charge in [-0.25, -0.2) is 0 Å². The Labute approximate surface area is 426 Å². The van der Waals surface area contributed by atoms with E-state index in [1.54, 1.807) is 6.08 Å². The Kier molecular flexibility index (Phi) is 48.2. The molecule has 1 heterocycles. The van der Waals surface area contributed by atoms with Crippen LogP contribution < -0.4 is 5.32 Å². The Hall–Kier alpha value is -1.07. The smallest absolute Gasteiger partial charge is 0.220 e. The highest BCUT2D eigenvalue weighted by Crippen LogP contribution is 2.23. The van der Waals surface area contributed by atoms with Gasteiger partial charge in [0, 0.05) is 6.42 Å². The molecule has 1 rings (SSSR count). The number of hydrogen-bond donors (Lipinski definition) is 6. The van der Waals surface area contributed by atoms with Gasteiger partial charge in [0.15, 0.2) is 6.29 Å². The average molecular weight is 981 g/mol. The van der Waals surface area contributed by atoms with E-state index >= 15 is 0 Å². The van der Waals surface area contributed by atoms with E-state index in [2.05, 4.69) is 19.2 Å². The van der Waals surface area contributed by atoms with Crippen molar-refractivity contribution in [3.05, 3.63) is 12.2 Å². The van der Waals surface area contributed by atoms with Crippen molar-refractivity contribution in [2.45, 2.75) is 352 Å². The largest absolute Gasteiger partial charge is 0.394 e. The van der Waals surface area contributed by atoms with Crippen LogP contribution in [0.4, 0.5) is 0 Å². The molecule has 0 bridgehead atoms. The number of nitrogens with one attached hydrogen (secondary N) is 1. The number of amides is 1. The Bertz CT molecular complexity index is 1090. The van der Waals surface area contributed by atoms with Crippen LogP contribution in [0.1, 0.15) is 309 Å². The number of hydrogen-bond acceptors (Lipinski definition) is 8. The zero-order valence-electron chi connectivity index (χ0n) is 45.6. The van der Waals surface area contributed by atoms with Crippen molar-refractivity contribution in [3.8, 4) is 0 Å². The zero-order valence-corrected chi connectivity index (χ0v) is 45.6. The first kappa shape index (κ1) is 65.9. The molecule has 1 saturated heterocycles. The third-order valence-corrected chi connectivity index (χ3v) is 14.9. The molecule has 0 saturated carbocycles. The summed E-state index contributed by atoms with van der Waals surface area (Å²) in [6.07, 6.45) is 55.7. The van der Waals surface area contributed by atoms with E-state index in [0.717, 1.165) is 38.5 Å². The molecule has 0 aromatic rings. The van der Waals surface area contributed by atoms with Crippen molar-refractivity contribution in [1.29, 1.82) is 0 Å². The van der Waals surface area contributed by atoms with Crippen LogP contribution in [0.15, 0.2) is 12.2 Å². The van der Waals surface area contributed by atoms with Crippen molar-refractivity contribution in [3.63, 3.8) is 0 Å². The summed E-state index contributed by atoms with van der Waals surface area (Å²) in [6.45, 7) is 3.83. The van der Waals surface area contributed by atoms with Crippen molar-refractivity contribution >= 4 is 5.91 Å². The fourth-order valence-corrected chi connectivity index (χ4v) is 10.0. The third-order valence-electron chi connectivity index (χ3n) is 14.9. The predicted molar refractivity (Wildman–Crippen MR) is 291 cm³/mol. The van der Waals surface area contributed by atoms with Gasteiger partial charge < -0.3 is 40.3 Å². The summed E-state index contributed by atoms with van der Waals surface area (Å²) in [5.74, 6) is -0.169. The molecule has 0 aliphatic carbocycles. The average Bonchev–Trinajstić information content (AvgIpc) is 3.35. The van der Waals surface area contributed by atoms with Gasteiger partial charge >= 0.3 is 0 Å². The Morgan fingerprint density at radius 3 is 1.13 bits per heavy atom. The molecule has 9 heteroatoms. The summed E-state index contributed by atoms with van der Waals surface area (Å²) >= 11 is 0. The van der Waals surface area contributed by atoms with Gasteiger partial charge in [0.1, 0.15) is 24.4 Å². The second-order valence-corrected chi connectivity index (χ2v) is 21.5. The SMILES string of the molecule is CCCCCCCCCCCCCCCCCCCCC/C=C/C(O)C(COC1OC(CO)C(O)C(O)C1O)NC(=O)CCCCCCCCCCCCCCCCCCCCCCCCCCC. The molecule has 69 heavy (non-hydrogen) atoms. The van der Waals surface area contributed by atoms with Crippen LogP contribution in [0, 0.1) is 0 Å². The number of carbonyl (C=O) groups excluding carboxylic acids is 1.